The van der Waals surface area contributed by atoms with E-state index in [4.69, 9.17) is 23.2 Å². The van der Waals surface area contributed by atoms with Gasteiger partial charge in [-0.15, -0.1) is 11.6 Å². The van der Waals surface area contributed by atoms with E-state index in [1.165, 1.54) is 12.1 Å². The molecule has 0 nitrogen and oxygen atoms in total. The van der Waals surface area contributed by atoms with Gasteiger partial charge in [-0.2, -0.15) is 0 Å². The summed E-state index contributed by atoms with van der Waals surface area (Å²) in [6.07, 6.45) is 0. The second-order valence-corrected chi connectivity index (χ2v) is 5.49. The minimum atomic E-state index is -0.893. The maximum absolute atomic E-state index is 13.7. The molecule has 1 atom stereocenters. The number of hydrogen-bond acceptors (Lipinski definition) is 0. The molecule has 0 N–H and O–H groups in total. The molecule has 2 rings (SSSR count). The minimum absolute atomic E-state index is 0.165. The highest BCUT2D eigenvalue weighted by Crippen LogP contribution is 2.34. The van der Waals surface area contributed by atoms with E-state index in [0.29, 0.717) is 15.1 Å². The van der Waals surface area contributed by atoms with Crippen molar-refractivity contribution < 1.29 is 8.78 Å². The summed E-state index contributed by atoms with van der Waals surface area (Å²) in [5, 5.41) is -0.352. The molecule has 0 fully saturated rings. The summed E-state index contributed by atoms with van der Waals surface area (Å²) < 4.78 is 27.8. The fourth-order valence-corrected chi connectivity index (χ4v) is 2.48. The highest BCUT2D eigenvalue weighted by molar-refractivity contribution is 9.10. The van der Waals surface area contributed by atoms with E-state index in [2.05, 4.69) is 15.9 Å². The van der Waals surface area contributed by atoms with Crippen molar-refractivity contribution in [3.8, 4) is 0 Å². The summed E-state index contributed by atoms with van der Waals surface area (Å²) in [5.41, 5.74) is 0.420. The summed E-state index contributed by atoms with van der Waals surface area (Å²) in [5.74, 6) is -1.37. The van der Waals surface area contributed by atoms with Crippen molar-refractivity contribution in [2.24, 2.45) is 0 Å². The zero-order valence-electron chi connectivity index (χ0n) is 8.93. The van der Waals surface area contributed by atoms with Crippen molar-refractivity contribution >= 4 is 39.1 Å². The van der Waals surface area contributed by atoms with E-state index in [9.17, 15) is 8.78 Å². The largest absolute Gasteiger partial charge is 0.206 e. The molecule has 0 amide bonds. The maximum atomic E-state index is 13.7. The van der Waals surface area contributed by atoms with Gasteiger partial charge in [-0.05, 0) is 29.8 Å². The van der Waals surface area contributed by atoms with Crippen molar-refractivity contribution in [2.75, 3.05) is 0 Å². The monoisotopic (exact) mass is 350 g/mol. The van der Waals surface area contributed by atoms with E-state index in [0.717, 1.165) is 0 Å². The van der Waals surface area contributed by atoms with Crippen LogP contribution in [-0.4, -0.2) is 0 Å². The van der Waals surface area contributed by atoms with Gasteiger partial charge in [0.2, 0.25) is 0 Å². The Bertz CT molecular complexity index is 547. The second-order valence-electron chi connectivity index (χ2n) is 3.70. The fourth-order valence-electron chi connectivity index (χ4n) is 1.59. The Morgan fingerprint density at radius 1 is 1.00 bits per heavy atom. The lowest BCUT2D eigenvalue weighted by atomic mass is 10.0. The van der Waals surface area contributed by atoms with Gasteiger partial charge >= 0.3 is 0 Å². The summed E-state index contributed by atoms with van der Waals surface area (Å²) >= 11 is 14.9. The molecule has 2 aromatic carbocycles. The lowest BCUT2D eigenvalue weighted by Crippen LogP contribution is -2.01. The van der Waals surface area contributed by atoms with E-state index in [-0.39, 0.29) is 5.56 Å². The first kappa shape index (κ1) is 13.8. The van der Waals surface area contributed by atoms with Crippen LogP contribution in [0, 0.1) is 11.6 Å². The molecule has 0 saturated carbocycles. The molecule has 0 aliphatic carbocycles. The third-order valence-corrected chi connectivity index (χ3v) is 3.64. The van der Waals surface area contributed by atoms with Gasteiger partial charge in [0.05, 0.1) is 5.38 Å². The van der Waals surface area contributed by atoms with Gasteiger partial charge in [0.25, 0.3) is 0 Å². The molecule has 0 aliphatic rings. The molecule has 1 unspecified atom stereocenters. The number of rotatable bonds is 2. The molecule has 0 heterocycles. The summed E-state index contributed by atoms with van der Waals surface area (Å²) in [4.78, 5) is 0. The zero-order valence-corrected chi connectivity index (χ0v) is 12.0. The van der Waals surface area contributed by atoms with E-state index in [1.54, 1.807) is 24.3 Å². The van der Waals surface area contributed by atoms with Crippen LogP contribution < -0.4 is 0 Å². The Labute approximate surface area is 122 Å². The molecule has 18 heavy (non-hydrogen) atoms. The van der Waals surface area contributed by atoms with Gasteiger partial charge in [0, 0.05) is 15.1 Å². The summed E-state index contributed by atoms with van der Waals surface area (Å²) in [6.45, 7) is 0. The van der Waals surface area contributed by atoms with Gasteiger partial charge < -0.3 is 0 Å². The molecule has 2 aromatic rings. The highest BCUT2D eigenvalue weighted by atomic mass is 79.9. The van der Waals surface area contributed by atoms with E-state index in [1.807, 2.05) is 0 Å². The van der Waals surface area contributed by atoms with Gasteiger partial charge in [-0.3, -0.25) is 0 Å². The van der Waals surface area contributed by atoms with Crippen molar-refractivity contribution in [1.29, 1.82) is 0 Å². The average Bonchev–Trinajstić information content (AvgIpc) is 2.28. The van der Waals surface area contributed by atoms with E-state index >= 15 is 0 Å². The lowest BCUT2D eigenvalue weighted by Gasteiger charge is -2.13. The standard InChI is InChI=1S/C13H7BrCl2F2/c14-8-5-10(17)12(11(18)6-8)13(16)7-1-3-9(15)4-2-7/h1-6,13H. The molecular formula is C13H7BrCl2F2. The Balaban J connectivity index is 2.46. The lowest BCUT2D eigenvalue weighted by molar-refractivity contribution is 0.557. The van der Waals surface area contributed by atoms with Gasteiger partial charge in [0.15, 0.2) is 0 Å². The van der Waals surface area contributed by atoms with Crippen LogP contribution in [-0.2, 0) is 0 Å². The predicted molar refractivity (Wildman–Crippen MR) is 73.2 cm³/mol. The molecule has 0 aromatic heterocycles. The zero-order chi connectivity index (χ0) is 13.3. The Morgan fingerprint density at radius 2 is 1.50 bits per heavy atom. The second kappa shape index (κ2) is 5.55. The summed E-state index contributed by atoms with van der Waals surface area (Å²) in [6, 6.07) is 8.90. The molecule has 0 aliphatic heterocycles. The Morgan fingerprint density at radius 3 is 2.00 bits per heavy atom. The van der Waals surface area contributed by atoms with Gasteiger partial charge in [-0.1, -0.05) is 39.7 Å². The SMILES string of the molecule is Fc1cc(Br)cc(F)c1C(Cl)c1ccc(Cl)cc1. The molecular weight excluding hydrogens is 345 g/mol. The quantitative estimate of drug-likeness (QED) is 0.608. The van der Waals surface area contributed by atoms with Crippen molar-refractivity contribution in [3.05, 3.63) is 68.7 Å². The first-order valence-corrected chi connectivity index (χ1v) is 6.63. The first-order chi connectivity index (χ1) is 8.49. The number of alkyl halides is 1. The normalized spacial score (nSPS) is 12.5. The predicted octanol–water partition coefficient (Wildman–Crippen LogP) is 5.71. The van der Waals surface area contributed by atoms with Crippen LogP contribution in [0.1, 0.15) is 16.5 Å². The van der Waals surface area contributed by atoms with Crippen molar-refractivity contribution in [1.82, 2.24) is 0 Å². The average molecular weight is 352 g/mol. The number of benzene rings is 2. The van der Waals surface area contributed by atoms with Gasteiger partial charge in [0.1, 0.15) is 11.6 Å². The molecule has 5 heteroatoms. The third kappa shape index (κ3) is 2.85. The fraction of sp³-hybridized carbons (Fsp3) is 0.0769. The maximum Gasteiger partial charge on any atom is 0.132 e. The molecule has 0 radical (unpaired) electrons. The Hall–Kier alpha value is -0.640. The van der Waals surface area contributed by atoms with Crippen molar-refractivity contribution in [2.45, 2.75) is 5.38 Å². The first-order valence-electron chi connectivity index (χ1n) is 5.03. The van der Waals surface area contributed by atoms with Crippen LogP contribution in [0.15, 0.2) is 40.9 Å². The molecule has 0 saturated heterocycles. The van der Waals surface area contributed by atoms with Gasteiger partial charge in [-0.25, -0.2) is 8.78 Å². The topological polar surface area (TPSA) is 0 Å². The van der Waals surface area contributed by atoms with Crippen molar-refractivity contribution in [3.63, 3.8) is 0 Å². The summed E-state index contributed by atoms with van der Waals surface area (Å²) in [7, 11) is 0. The molecule has 94 valence electrons. The van der Waals surface area contributed by atoms with E-state index < -0.39 is 17.0 Å². The van der Waals surface area contributed by atoms with Crippen LogP contribution in [0.2, 0.25) is 5.02 Å². The Kier molecular flexibility index (Phi) is 4.25. The van der Waals surface area contributed by atoms with Crippen LogP contribution in [0.3, 0.4) is 0 Å². The molecule has 0 spiro atoms. The van der Waals surface area contributed by atoms with Crippen LogP contribution in [0.25, 0.3) is 0 Å². The highest BCUT2D eigenvalue weighted by Gasteiger charge is 2.20. The van der Waals surface area contributed by atoms with Crippen LogP contribution in [0.4, 0.5) is 8.78 Å². The van der Waals surface area contributed by atoms with Crippen LogP contribution >= 0.6 is 39.1 Å². The number of halogens is 5. The smallest absolute Gasteiger partial charge is 0.132 e. The third-order valence-electron chi connectivity index (χ3n) is 2.46. The number of hydrogen-bond donors (Lipinski definition) is 0. The van der Waals surface area contributed by atoms with Crippen LogP contribution in [0.5, 0.6) is 0 Å². The molecule has 0 bridgehead atoms. The minimum Gasteiger partial charge on any atom is -0.206 e.